The van der Waals surface area contributed by atoms with Gasteiger partial charge in [-0.3, -0.25) is 14.5 Å². The minimum Gasteiger partial charge on any atom is -0.465 e. The molecule has 2 rings (SSSR count). The fourth-order valence-corrected chi connectivity index (χ4v) is 2.56. The van der Waals surface area contributed by atoms with Gasteiger partial charge in [0, 0.05) is 12.1 Å². The van der Waals surface area contributed by atoms with Gasteiger partial charge in [0.1, 0.15) is 6.04 Å². The highest BCUT2D eigenvalue weighted by Crippen LogP contribution is 2.17. The second kappa shape index (κ2) is 7.06. The highest BCUT2D eigenvalue weighted by Gasteiger charge is 2.31. The topological polar surface area (TPSA) is 86.7 Å². The summed E-state index contributed by atoms with van der Waals surface area (Å²) in [5.41, 5.74) is 1.59. The summed E-state index contributed by atoms with van der Waals surface area (Å²) in [5, 5.41) is 11.7. The van der Waals surface area contributed by atoms with Gasteiger partial charge < -0.3 is 10.4 Å². The molecular formula is C16H20N2O4. The molecule has 0 aromatic heterocycles. The summed E-state index contributed by atoms with van der Waals surface area (Å²) in [4.78, 5) is 36.4. The largest absolute Gasteiger partial charge is 0.465 e. The third-order valence-electron chi connectivity index (χ3n) is 3.85. The molecule has 2 amide bonds. The number of piperidine rings is 1. The van der Waals surface area contributed by atoms with Gasteiger partial charge in [0.15, 0.2) is 5.78 Å². The quantitative estimate of drug-likeness (QED) is 0.831. The maximum absolute atomic E-state index is 12.1. The van der Waals surface area contributed by atoms with Crippen LogP contribution in [0.3, 0.4) is 0 Å². The maximum atomic E-state index is 12.1. The van der Waals surface area contributed by atoms with E-state index < -0.39 is 18.0 Å². The fraction of sp³-hybridized carbons (Fsp3) is 0.438. The Bertz CT molecular complexity index is 568. The van der Waals surface area contributed by atoms with Gasteiger partial charge in [-0.05, 0) is 26.2 Å². The van der Waals surface area contributed by atoms with Crippen molar-refractivity contribution in [3.05, 3.63) is 35.4 Å². The zero-order valence-electron chi connectivity index (χ0n) is 12.5. The molecule has 22 heavy (non-hydrogen) atoms. The first-order chi connectivity index (χ1) is 10.5. The Balaban J connectivity index is 1.92. The van der Waals surface area contributed by atoms with Crippen LogP contribution in [0, 0.1) is 6.92 Å². The molecule has 1 aromatic carbocycles. The van der Waals surface area contributed by atoms with E-state index in [2.05, 4.69) is 5.32 Å². The molecule has 0 spiro atoms. The number of aryl methyl sites for hydroxylation is 1. The predicted octanol–water partition coefficient (Wildman–Crippen LogP) is 1.83. The average Bonchev–Trinajstić information content (AvgIpc) is 2.53. The molecule has 0 radical (unpaired) electrons. The van der Waals surface area contributed by atoms with E-state index in [9.17, 15) is 14.4 Å². The van der Waals surface area contributed by atoms with Crippen LogP contribution in [0.1, 0.15) is 35.2 Å². The lowest BCUT2D eigenvalue weighted by Gasteiger charge is -2.32. The molecular weight excluding hydrogens is 284 g/mol. The molecule has 6 nitrogen and oxygen atoms in total. The van der Waals surface area contributed by atoms with Gasteiger partial charge in [0.2, 0.25) is 5.91 Å². The van der Waals surface area contributed by atoms with Crippen LogP contribution < -0.4 is 5.32 Å². The molecule has 1 aliphatic heterocycles. The molecule has 1 fully saturated rings. The number of rotatable bonds is 4. The van der Waals surface area contributed by atoms with E-state index in [1.165, 1.54) is 0 Å². The molecule has 0 saturated carbocycles. The summed E-state index contributed by atoms with van der Waals surface area (Å²) in [6.07, 6.45) is 0.980. The number of nitrogens with zero attached hydrogens (tertiary/aromatic N) is 1. The van der Waals surface area contributed by atoms with Crippen molar-refractivity contribution >= 4 is 17.8 Å². The SMILES string of the molecule is Cc1ccc(C(=O)CNC(=O)[C@@H]2CCCCN2C(=O)O)cc1. The Morgan fingerprint density at radius 3 is 2.55 bits per heavy atom. The maximum Gasteiger partial charge on any atom is 0.407 e. The van der Waals surface area contributed by atoms with E-state index in [0.29, 0.717) is 18.5 Å². The number of carbonyl (C=O) groups is 3. The number of ketones is 1. The first-order valence-corrected chi connectivity index (χ1v) is 7.36. The van der Waals surface area contributed by atoms with Crippen molar-refractivity contribution in [1.82, 2.24) is 10.2 Å². The monoisotopic (exact) mass is 304 g/mol. The van der Waals surface area contributed by atoms with Crippen LogP contribution in [-0.4, -0.2) is 46.9 Å². The molecule has 118 valence electrons. The predicted molar refractivity (Wildman–Crippen MR) is 80.9 cm³/mol. The Morgan fingerprint density at radius 2 is 1.91 bits per heavy atom. The van der Waals surface area contributed by atoms with Crippen molar-refractivity contribution < 1.29 is 19.5 Å². The van der Waals surface area contributed by atoms with E-state index in [4.69, 9.17) is 5.11 Å². The van der Waals surface area contributed by atoms with Crippen LogP contribution in [0.2, 0.25) is 0 Å². The van der Waals surface area contributed by atoms with Crippen molar-refractivity contribution in [2.45, 2.75) is 32.2 Å². The molecule has 6 heteroatoms. The second-order valence-corrected chi connectivity index (χ2v) is 5.49. The molecule has 0 bridgehead atoms. The lowest BCUT2D eigenvalue weighted by Crippen LogP contribution is -2.52. The van der Waals surface area contributed by atoms with Crippen molar-refractivity contribution in [3.8, 4) is 0 Å². The van der Waals surface area contributed by atoms with Crippen molar-refractivity contribution in [2.24, 2.45) is 0 Å². The van der Waals surface area contributed by atoms with Crippen LogP contribution in [0.25, 0.3) is 0 Å². The van der Waals surface area contributed by atoms with Gasteiger partial charge in [0.05, 0.1) is 6.54 Å². The summed E-state index contributed by atoms with van der Waals surface area (Å²) in [6.45, 7) is 2.17. The zero-order valence-corrected chi connectivity index (χ0v) is 12.5. The lowest BCUT2D eigenvalue weighted by atomic mass is 10.0. The number of Topliss-reactive ketones (excluding diaryl/α,β-unsaturated/α-hetero) is 1. The van der Waals surface area contributed by atoms with Crippen LogP contribution in [-0.2, 0) is 4.79 Å². The highest BCUT2D eigenvalue weighted by atomic mass is 16.4. The van der Waals surface area contributed by atoms with Crippen LogP contribution in [0.4, 0.5) is 4.79 Å². The van der Waals surface area contributed by atoms with E-state index in [1.54, 1.807) is 12.1 Å². The van der Waals surface area contributed by atoms with Gasteiger partial charge in [-0.25, -0.2) is 4.79 Å². The summed E-state index contributed by atoms with van der Waals surface area (Å²) in [6, 6.07) is 6.41. The van der Waals surface area contributed by atoms with E-state index >= 15 is 0 Å². The van der Waals surface area contributed by atoms with Gasteiger partial charge in [-0.15, -0.1) is 0 Å². The molecule has 0 unspecified atom stereocenters. The standard InChI is InChI=1S/C16H20N2O4/c1-11-5-7-12(8-6-11)14(19)10-17-15(20)13-4-2-3-9-18(13)16(21)22/h5-8,13H,2-4,9-10H2,1H3,(H,17,20)(H,21,22)/t13-/m0/s1. The minimum atomic E-state index is -1.09. The van der Waals surface area contributed by atoms with Gasteiger partial charge in [0.25, 0.3) is 0 Å². The van der Waals surface area contributed by atoms with E-state index in [1.807, 2.05) is 19.1 Å². The van der Waals surface area contributed by atoms with Crippen LogP contribution in [0.15, 0.2) is 24.3 Å². The third-order valence-corrected chi connectivity index (χ3v) is 3.85. The lowest BCUT2D eigenvalue weighted by molar-refractivity contribution is -0.126. The number of hydrogen-bond donors (Lipinski definition) is 2. The summed E-state index contributed by atoms with van der Waals surface area (Å²) in [5.74, 6) is -0.589. The van der Waals surface area contributed by atoms with Crippen molar-refractivity contribution in [3.63, 3.8) is 0 Å². The number of amides is 2. The average molecular weight is 304 g/mol. The first-order valence-electron chi connectivity index (χ1n) is 7.36. The third kappa shape index (κ3) is 3.84. The number of carboxylic acid groups (broad SMARTS) is 1. The number of nitrogens with one attached hydrogen (secondary N) is 1. The van der Waals surface area contributed by atoms with Crippen molar-refractivity contribution in [2.75, 3.05) is 13.1 Å². The summed E-state index contributed by atoms with van der Waals surface area (Å²) in [7, 11) is 0. The van der Waals surface area contributed by atoms with Gasteiger partial charge >= 0.3 is 6.09 Å². The van der Waals surface area contributed by atoms with E-state index in [-0.39, 0.29) is 12.3 Å². The Labute approximate surface area is 129 Å². The molecule has 1 heterocycles. The normalized spacial score (nSPS) is 17.9. The molecule has 1 aromatic rings. The number of benzene rings is 1. The summed E-state index contributed by atoms with van der Waals surface area (Å²) < 4.78 is 0. The highest BCUT2D eigenvalue weighted by molar-refractivity contribution is 6.00. The van der Waals surface area contributed by atoms with E-state index in [0.717, 1.165) is 23.3 Å². The molecule has 1 saturated heterocycles. The Kier molecular flexibility index (Phi) is 5.14. The number of carbonyl (C=O) groups excluding carboxylic acids is 2. The Hall–Kier alpha value is -2.37. The van der Waals surface area contributed by atoms with Crippen LogP contribution in [0.5, 0.6) is 0 Å². The zero-order chi connectivity index (χ0) is 16.1. The molecule has 0 aliphatic carbocycles. The Morgan fingerprint density at radius 1 is 1.23 bits per heavy atom. The second-order valence-electron chi connectivity index (χ2n) is 5.49. The smallest absolute Gasteiger partial charge is 0.407 e. The van der Waals surface area contributed by atoms with Gasteiger partial charge in [-0.2, -0.15) is 0 Å². The first kappa shape index (κ1) is 16.0. The number of likely N-dealkylation sites (tertiary alicyclic amines) is 1. The van der Waals surface area contributed by atoms with Gasteiger partial charge in [-0.1, -0.05) is 29.8 Å². The molecule has 1 atom stereocenters. The summed E-state index contributed by atoms with van der Waals surface area (Å²) >= 11 is 0. The van der Waals surface area contributed by atoms with Crippen LogP contribution >= 0.6 is 0 Å². The molecule has 2 N–H and O–H groups in total. The fourth-order valence-electron chi connectivity index (χ4n) is 2.56. The molecule has 1 aliphatic rings. The minimum absolute atomic E-state index is 0.119. The number of hydrogen-bond acceptors (Lipinski definition) is 3. The van der Waals surface area contributed by atoms with Crippen molar-refractivity contribution in [1.29, 1.82) is 0 Å².